The fourth-order valence-electron chi connectivity index (χ4n) is 3.35. The Balaban J connectivity index is 1.57. The lowest BCUT2D eigenvalue weighted by Gasteiger charge is -2.38. The smallest absolute Gasteiger partial charge is 0.480 e. The molecule has 0 amide bonds. The fraction of sp³-hybridized carbons (Fsp3) is 0.333. The number of thiazole rings is 1. The van der Waals surface area contributed by atoms with Gasteiger partial charge < -0.3 is 19.8 Å². The molecule has 1 aliphatic heterocycles. The van der Waals surface area contributed by atoms with Crippen molar-refractivity contribution in [3.63, 3.8) is 0 Å². The Morgan fingerprint density at radius 2 is 1.91 bits per heavy atom. The topological polar surface area (TPSA) is 146 Å². The second-order valence-electron chi connectivity index (χ2n) is 7.06. The lowest BCUT2D eigenvalue weighted by atomic mass is 10.2. The predicted molar refractivity (Wildman–Crippen MR) is 112 cm³/mol. The first-order valence-electron chi connectivity index (χ1n) is 9.56. The van der Waals surface area contributed by atoms with Crippen LogP contribution in [0.2, 0.25) is 0 Å². The molecule has 0 radical (unpaired) electrons. The molecule has 182 valence electrons. The number of alkyl halides is 3. The lowest BCUT2D eigenvalue weighted by molar-refractivity contribution is -0.274. The summed E-state index contributed by atoms with van der Waals surface area (Å²) in [5, 5.41) is 19.3. The number of ether oxygens (including phenoxy) is 1. The summed E-state index contributed by atoms with van der Waals surface area (Å²) in [5.41, 5.74) is 0.321. The molecule has 0 bridgehead atoms. The fourth-order valence-corrected chi connectivity index (χ4v) is 5.83. The number of sulfonamides is 1. The largest absolute Gasteiger partial charge is 0.573 e. The molecule has 34 heavy (non-hydrogen) atoms. The van der Waals surface area contributed by atoms with Crippen molar-refractivity contribution in [2.24, 2.45) is 0 Å². The number of halogens is 3. The number of rotatable bonds is 6. The van der Waals surface area contributed by atoms with E-state index in [1.165, 1.54) is 17.5 Å². The number of carboxylic acids is 1. The van der Waals surface area contributed by atoms with Gasteiger partial charge in [0.15, 0.2) is 16.6 Å². The highest BCUT2D eigenvalue weighted by Crippen LogP contribution is 2.31. The molecule has 2 aromatic heterocycles. The Bertz CT molecular complexity index is 1320. The van der Waals surface area contributed by atoms with E-state index in [-0.39, 0.29) is 37.0 Å². The van der Waals surface area contributed by atoms with E-state index in [9.17, 15) is 31.5 Å². The number of aliphatic hydroxyl groups is 1. The normalized spacial score (nSPS) is 17.8. The van der Waals surface area contributed by atoms with Crippen molar-refractivity contribution in [3.8, 4) is 5.75 Å². The summed E-state index contributed by atoms with van der Waals surface area (Å²) < 4.78 is 68.3. The minimum atomic E-state index is -4.93. The van der Waals surface area contributed by atoms with Gasteiger partial charge in [0.25, 0.3) is 0 Å². The van der Waals surface area contributed by atoms with Crippen molar-refractivity contribution in [2.75, 3.05) is 24.5 Å². The van der Waals surface area contributed by atoms with E-state index in [0.717, 1.165) is 28.6 Å². The molecule has 0 unspecified atom stereocenters. The van der Waals surface area contributed by atoms with Crippen LogP contribution in [0, 0.1) is 0 Å². The van der Waals surface area contributed by atoms with Crippen LogP contribution in [0.3, 0.4) is 0 Å². The van der Waals surface area contributed by atoms with Crippen molar-refractivity contribution < 1.29 is 41.3 Å². The molecule has 0 saturated carbocycles. The van der Waals surface area contributed by atoms with Crippen LogP contribution in [-0.4, -0.2) is 75.9 Å². The molecular weight excluding hydrogens is 503 g/mol. The highest BCUT2D eigenvalue weighted by molar-refractivity contribution is 7.89. The molecule has 0 aliphatic carbocycles. The molecule has 1 aliphatic rings. The molecule has 1 saturated heterocycles. The Hall–Kier alpha value is -3.08. The van der Waals surface area contributed by atoms with Crippen molar-refractivity contribution >= 4 is 42.8 Å². The average molecular weight is 519 g/mol. The quantitative estimate of drug-likeness (QED) is 0.491. The maximum absolute atomic E-state index is 13.1. The summed E-state index contributed by atoms with van der Waals surface area (Å²) >= 11 is 1.19. The first-order chi connectivity index (χ1) is 16.0. The van der Waals surface area contributed by atoms with Gasteiger partial charge in [-0.1, -0.05) is 11.3 Å². The summed E-state index contributed by atoms with van der Waals surface area (Å²) in [5.74, 6) is -1.82. The summed E-state index contributed by atoms with van der Waals surface area (Å²) in [6, 6.07) is 2.06. The SMILES string of the molecule is O=C(O)[C@H]1CN(c2nc3nc(CO)ncc3s2)CCN1S(=O)(=O)c1ccc(OC(F)(F)F)cc1. The number of carbonyl (C=O) groups is 1. The highest BCUT2D eigenvalue weighted by atomic mass is 32.2. The Kier molecular flexibility index (Phi) is 6.32. The number of piperazine rings is 1. The zero-order valence-corrected chi connectivity index (χ0v) is 18.6. The number of aromatic nitrogens is 3. The van der Waals surface area contributed by atoms with Gasteiger partial charge >= 0.3 is 12.3 Å². The van der Waals surface area contributed by atoms with Gasteiger partial charge in [-0.15, -0.1) is 13.2 Å². The summed E-state index contributed by atoms with van der Waals surface area (Å²) in [7, 11) is -4.33. The monoisotopic (exact) mass is 519 g/mol. The number of carboxylic acid groups (broad SMARTS) is 1. The van der Waals surface area contributed by atoms with E-state index >= 15 is 0 Å². The molecule has 1 atom stereocenters. The van der Waals surface area contributed by atoms with Crippen LogP contribution in [0.1, 0.15) is 5.82 Å². The van der Waals surface area contributed by atoms with Crippen LogP contribution in [0.4, 0.5) is 18.3 Å². The molecule has 2 N–H and O–H groups in total. The maximum Gasteiger partial charge on any atom is 0.573 e. The third kappa shape index (κ3) is 4.89. The van der Waals surface area contributed by atoms with Crippen LogP contribution in [0.5, 0.6) is 5.75 Å². The molecule has 16 heteroatoms. The van der Waals surface area contributed by atoms with Crippen LogP contribution in [0.25, 0.3) is 10.3 Å². The molecule has 11 nitrogen and oxygen atoms in total. The van der Waals surface area contributed by atoms with Crippen LogP contribution in [0.15, 0.2) is 35.4 Å². The molecular formula is C18H16F3N5O6S2. The highest BCUT2D eigenvalue weighted by Gasteiger charge is 2.41. The number of anilines is 1. The average Bonchev–Trinajstić information content (AvgIpc) is 3.21. The van der Waals surface area contributed by atoms with E-state index in [2.05, 4.69) is 19.7 Å². The van der Waals surface area contributed by atoms with E-state index in [1.807, 2.05) is 0 Å². The molecule has 3 aromatic rings. The van der Waals surface area contributed by atoms with Gasteiger partial charge in [-0.3, -0.25) is 4.79 Å². The minimum absolute atomic E-state index is 0.110. The number of benzene rings is 1. The first-order valence-corrected chi connectivity index (χ1v) is 11.8. The maximum atomic E-state index is 13.1. The summed E-state index contributed by atoms with van der Waals surface area (Å²) in [6.07, 6.45) is -3.45. The second kappa shape index (κ2) is 8.94. The third-order valence-electron chi connectivity index (χ3n) is 4.88. The zero-order chi connectivity index (χ0) is 24.7. The molecule has 4 rings (SSSR count). The standard InChI is InChI=1S/C18H16F3N5O6S2/c19-18(20,21)32-10-1-3-11(4-2-10)34(30,31)26-6-5-25(8-12(26)16(28)29)17-24-15-13(33-17)7-22-14(9-27)23-15/h1-4,7,12,27H,5-6,8-9H2,(H,28,29)/t12-/m1/s1. The Labute approximate surface area is 194 Å². The van der Waals surface area contributed by atoms with Gasteiger partial charge in [-0.05, 0) is 24.3 Å². The summed E-state index contributed by atoms with van der Waals surface area (Å²) in [6.45, 7) is -0.685. The molecule has 1 aromatic carbocycles. The lowest BCUT2D eigenvalue weighted by Crippen LogP contribution is -2.58. The zero-order valence-electron chi connectivity index (χ0n) is 17.0. The third-order valence-corrected chi connectivity index (χ3v) is 7.84. The molecule has 3 heterocycles. The van der Waals surface area contributed by atoms with Crippen molar-refractivity contribution in [3.05, 3.63) is 36.3 Å². The van der Waals surface area contributed by atoms with Crippen molar-refractivity contribution in [2.45, 2.75) is 23.9 Å². The first kappa shape index (κ1) is 24.1. The van der Waals surface area contributed by atoms with Gasteiger partial charge in [0.2, 0.25) is 10.0 Å². The van der Waals surface area contributed by atoms with Crippen molar-refractivity contribution in [1.29, 1.82) is 0 Å². The van der Waals surface area contributed by atoms with Gasteiger partial charge in [-0.2, -0.15) is 9.29 Å². The predicted octanol–water partition coefficient (Wildman–Crippen LogP) is 1.44. The Morgan fingerprint density at radius 1 is 1.21 bits per heavy atom. The van der Waals surface area contributed by atoms with Crippen LogP contribution in [-0.2, 0) is 21.4 Å². The number of nitrogens with zero attached hydrogens (tertiary/aromatic N) is 5. The van der Waals surface area contributed by atoms with E-state index in [1.54, 1.807) is 4.90 Å². The number of hydrogen-bond donors (Lipinski definition) is 2. The van der Waals surface area contributed by atoms with E-state index in [4.69, 9.17) is 5.11 Å². The van der Waals surface area contributed by atoms with Crippen LogP contribution >= 0.6 is 11.3 Å². The van der Waals surface area contributed by atoms with E-state index in [0.29, 0.717) is 15.5 Å². The number of aliphatic hydroxyl groups excluding tert-OH is 1. The number of hydrogen-bond acceptors (Lipinski definition) is 10. The van der Waals surface area contributed by atoms with Gasteiger partial charge in [-0.25, -0.2) is 18.4 Å². The minimum Gasteiger partial charge on any atom is -0.480 e. The van der Waals surface area contributed by atoms with E-state index < -0.39 is 34.1 Å². The van der Waals surface area contributed by atoms with Gasteiger partial charge in [0.05, 0.1) is 15.8 Å². The summed E-state index contributed by atoms with van der Waals surface area (Å²) in [4.78, 5) is 25.6. The Morgan fingerprint density at radius 3 is 2.53 bits per heavy atom. The number of fused-ring (bicyclic) bond motifs is 1. The second-order valence-corrected chi connectivity index (χ2v) is 9.96. The van der Waals surface area contributed by atoms with Gasteiger partial charge in [0, 0.05) is 19.6 Å². The van der Waals surface area contributed by atoms with Crippen LogP contribution < -0.4 is 9.64 Å². The number of aliphatic carboxylic acids is 1. The van der Waals surface area contributed by atoms with Gasteiger partial charge in [0.1, 0.15) is 18.4 Å². The molecule has 0 spiro atoms. The molecule has 1 fully saturated rings. The van der Waals surface area contributed by atoms with Crippen molar-refractivity contribution in [1.82, 2.24) is 19.3 Å².